The quantitative estimate of drug-likeness (QED) is 0.652. The summed E-state index contributed by atoms with van der Waals surface area (Å²) < 4.78 is 0. The number of hydrogen-bond acceptors (Lipinski definition) is 4. The van der Waals surface area contributed by atoms with Crippen molar-refractivity contribution in [1.29, 1.82) is 0 Å². The lowest BCUT2D eigenvalue weighted by Gasteiger charge is -2.17. The molecule has 0 radical (unpaired) electrons. The topological polar surface area (TPSA) is 58.5 Å². The molecule has 0 amide bonds. The van der Waals surface area contributed by atoms with Crippen LogP contribution in [0.1, 0.15) is 0 Å². The number of hydrogen-bond donors (Lipinski definition) is 2. The number of nitrogens with two attached hydrogens (primary N) is 2. The summed E-state index contributed by atoms with van der Waals surface area (Å²) in [6, 6.07) is 5.14. The number of benzene rings is 1. The lowest BCUT2D eigenvalue weighted by molar-refractivity contribution is 0.442. The van der Waals surface area contributed by atoms with E-state index in [1.807, 2.05) is 19.0 Å². The molecule has 0 saturated heterocycles. The zero-order chi connectivity index (χ0) is 13.0. The Hall–Kier alpha value is -0.940. The van der Waals surface area contributed by atoms with Crippen molar-refractivity contribution in [3.05, 3.63) is 40.1 Å². The van der Waals surface area contributed by atoms with Gasteiger partial charge in [0.1, 0.15) is 0 Å². The molecule has 0 aliphatic heterocycles. The van der Waals surface area contributed by atoms with E-state index in [4.69, 9.17) is 34.8 Å². The minimum Gasteiger partial charge on any atom is -0.400 e. The summed E-state index contributed by atoms with van der Waals surface area (Å²) in [7, 11) is 3.86. The molecule has 1 rings (SSSR count). The fourth-order valence-electron chi connectivity index (χ4n) is 1.30. The summed E-state index contributed by atoms with van der Waals surface area (Å²) in [5.74, 6) is 5.85. The minimum absolute atomic E-state index is 0.458. The van der Waals surface area contributed by atoms with Gasteiger partial charge >= 0.3 is 0 Å². The van der Waals surface area contributed by atoms with Crippen LogP contribution in [0.2, 0.25) is 10.0 Å². The van der Waals surface area contributed by atoms with E-state index < -0.39 is 0 Å². The average molecular weight is 275 g/mol. The van der Waals surface area contributed by atoms with Crippen molar-refractivity contribution in [2.45, 2.75) is 0 Å². The summed E-state index contributed by atoms with van der Waals surface area (Å²) >= 11 is 11.7. The van der Waals surface area contributed by atoms with Crippen LogP contribution in [0.3, 0.4) is 0 Å². The second-order valence-corrected chi connectivity index (χ2v) is 4.76. The highest BCUT2D eigenvalue weighted by atomic mass is 35.5. The van der Waals surface area contributed by atoms with Gasteiger partial charge < -0.3 is 10.6 Å². The molecule has 6 heteroatoms. The Morgan fingerprint density at radius 2 is 1.94 bits per heavy atom. The molecule has 0 fully saturated rings. The molecule has 0 spiro atoms. The maximum Gasteiger partial charge on any atom is 0.0613 e. The largest absolute Gasteiger partial charge is 0.400 e. The van der Waals surface area contributed by atoms with Crippen molar-refractivity contribution < 1.29 is 0 Å². The Bertz CT molecular complexity index is 418. The van der Waals surface area contributed by atoms with Gasteiger partial charge in [0.05, 0.1) is 15.7 Å². The molecule has 4 N–H and O–H groups in total. The molecule has 1 aromatic rings. The van der Waals surface area contributed by atoms with Crippen LogP contribution in [0, 0.1) is 0 Å². The van der Waals surface area contributed by atoms with Gasteiger partial charge in [-0.3, -0.25) is 5.01 Å². The van der Waals surface area contributed by atoms with E-state index in [0.717, 1.165) is 5.69 Å². The number of likely N-dealkylation sites (N-methyl/N-ethyl adjacent to an activating group) is 1. The maximum absolute atomic E-state index is 5.90. The smallest absolute Gasteiger partial charge is 0.0613 e. The Morgan fingerprint density at radius 3 is 2.47 bits per heavy atom. The molecular formula is C11H16Cl2N4. The van der Waals surface area contributed by atoms with Crippen molar-refractivity contribution in [2.75, 3.05) is 25.6 Å². The fraction of sp³-hybridized carbons (Fsp3) is 0.273. The van der Waals surface area contributed by atoms with Crippen LogP contribution >= 0.6 is 23.2 Å². The molecule has 94 valence electrons. The molecule has 0 unspecified atom stereocenters. The first-order chi connectivity index (χ1) is 7.90. The van der Waals surface area contributed by atoms with Gasteiger partial charge in [-0.05, 0) is 32.3 Å². The summed E-state index contributed by atoms with van der Waals surface area (Å²) in [6.07, 6.45) is 1.65. The molecule has 0 saturated carbocycles. The van der Waals surface area contributed by atoms with E-state index in [1.165, 1.54) is 5.01 Å². The highest BCUT2D eigenvalue weighted by molar-refractivity contribution is 6.42. The molecule has 17 heavy (non-hydrogen) atoms. The molecule has 0 atom stereocenters. The summed E-state index contributed by atoms with van der Waals surface area (Å²) in [5, 5.41) is 2.37. The summed E-state index contributed by atoms with van der Waals surface area (Å²) in [6.45, 7) is 0.634. The SMILES string of the molecule is CN(C)C/C(N)=C/N(N)c1ccc(Cl)c(Cl)c1. The van der Waals surface area contributed by atoms with E-state index >= 15 is 0 Å². The third-order valence-electron chi connectivity index (χ3n) is 2.01. The van der Waals surface area contributed by atoms with Crippen molar-refractivity contribution in [2.24, 2.45) is 11.6 Å². The second kappa shape index (κ2) is 6.12. The third kappa shape index (κ3) is 4.44. The molecule has 0 aliphatic carbocycles. The van der Waals surface area contributed by atoms with Crippen LogP contribution in [0.15, 0.2) is 30.1 Å². The normalized spacial score (nSPS) is 12.0. The van der Waals surface area contributed by atoms with Gasteiger partial charge in [-0.15, -0.1) is 0 Å². The van der Waals surface area contributed by atoms with Crippen LogP contribution in [0.25, 0.3) is 0 Å². The van der Waals surface area contributed by atoms with Crippen LogP contribution in [-0.4, -0.2) is 25.5 Å². The molecule has 0 heterocycles. The lowest BCUT2D eigenvalue weighted by atomic mass is 10.3. The Kier molecular flexibility index (Phi) is 5.08. The van der Waals surface area contributed by atoms with E-state index in [9.17, 15) is 0 Å². The van der Waals surface area contributed by atoms with Gasteiger partial charge in [-0.2, -0.15) is 0 Å². The molecule has 1 aromatic carbocycles. The summed E-state index contributed by atoms with van der Waals surface area (Å²) in [5.41, 5.74) is 7.20. The first kappa shape index (κ1) is 14.1. The van der Waals surface area contributed by atoms with E-state index in [-0.39, 0.29) is 0 Å². The van der Waals surface area contributed by atoms with Gasteiger partial charge in [0.2, 0.25) is 0 Å². The zero-order valence-electron chi connectivity index (χ0n) is 9.82. The third-order valence-corrected chi connectivity index (χ3v) is 2.74. The minimum atomic E-state index is 0.458. The predicted molar refractivity (Wildman–Crippen MR) is 74.0 cm³/mol. The Balaban J connectivity index is 2.82. The number of nitrogens with zero attached hydrogens (tertiary/aromatic N) is 2. The van der Waals surface area contributed by atoms with Crippen molar-refractivity contribution in [3.63, 3.8) is 0 Å². The fourth-order valence-corrected chi connectivity index (χ4v) is 1.60. The Labute approximate surface area is 111 Å². The second-order valence-electron chi connectivity index (χ2n) is 3.95. The van der Waals surface area contributed by atoms with Crippen molar-refractivity contribution >= 4 is 28.9 Å². The van der Waals surface area contributed by atoms with Crippen LogP contribution < -0.4 is 16.6 Å². The number of halogens is 2. The summed E-state index contributed by atoms with van der Waals surface area (Å²) in [4.78, 5) is 1.95. The molecular weight excluding hydrogens is 259 g/mol. The highest BCUT2D eigenvalue weighted by Crippen LogP contribution is 2.26. The van der Waals surface area contributed by atoms with Gasteiger partial charge in [-0.1, -0.05) is 23.2 Å². The molecule has 0 bridgehead atoms. The predicted octanol–water partition coefficient (Wildman–Crippen LogP) is 2.04. The average Bonchev–Trinajstić information content (AvgIpc) is 2.20. The standard InChI is InChI=1S/C11H16Cl2N4/c1-16(2)6-8(14)7-17(15)9-3-4-10(12)11(13)5-9/h3-5,7H,6,14-15H2,1-2H3/b8-7-. The van der Waals surface area contributed by atoms with Crippen LogP contribution in [0.4, 0.5) is 5.69 Å². The van der Waals surface area contributed by atoms with Crippen LogP contribution in [-0.2, 0) is 0 Å². The maximum atomic E-state index is 5.90. The van der Waals surface area contributed by atoms with E-state index in [2.05, 4.69) is 0 Å². The monoisotopic (exact) mass is 274 g/mol. The van der Waals surface area contributed by atoms with Crippen molar-refractivity contribution in [3.8, 4) is 0 Å². The highest BCUT2D eigenvalue weighted by Gasteiger charge is 2.04. The number of anilines is 1. The van der Waals surface area contributed by atoms with Crippen molar-refractivity contribution in [1.82, 2.24) is 4.90 Å². The van der Waals surface area contributed by atoms with Gasteiger partial charge in [-0.25, -0.2) is 5.84 Å². The van der Waals surface area contributed by atoms with Gasteiger partial charge in [0, 0.05) is 18.4 Å². The van der Waals surface area contributed by atoms with E-state index in [0.29, 0.717) is 22.3 Å². The zero-order valence-corrected chi connectivity index (χ0v) is 11.3. The van der Waals surface area contributed by atoms with E-state index in [1.54, 1.807) is 24.4 Å². The molecule has 0 aromatic heterocycles. The van der Waals surface area contributed by atoms with Gasteiger partial charge in [0.25, 0.3) is 0 Å². The molecule has 4 nitrogen and oxygen atoms in total. The van der Waals surface area contributed by atoms with Gasteiger partial charge in [0.15, 0.2) is 0 Å². The first-order valence-electron chi connectivity index (χ1n) is 5.00. The number of rotatable bonds is 4. The Morgan fingerprint density at radius 1 is 1.29 bits per heavy atom. The van der Waals surface area contributed by atoms with Crippen LogP contribution in [0.5, 0.6) is 0 Å². The molecule has 0 aliphatic rings. The first-order valence-corrected chi connectivity index (χ1v) is 5.75. The number of hydrazine groups is 1. The lowest BCUT2D eigenvalue weighted by Crippen LogP contribution is -2.28.